The molecule has 22 heavy (non-hydrogen) atoms. The van der Waals surface area contributed by atoms with E-state index in [9.17, 15) is 13.6 Å². The molecule has 0 atom stereocenters. The van der Waals surface area contributed by atoms with E-state index in [-0.39, 0.29) is 17.3 Å². The van der Waals surface area contributed by atoms with E-state index in [2.05, 4.69) is 9.47 Å². The molecule has 0 unspecified atom stereocenters. The van der Waals surface area contributed by atoms with Crippen LogP contribution in [0.1, 0.15) is 15.9 Å². The van der Waals surface area contributed by atoms with Crippen molar-refractivity contribution in [2.24, 2.45) is 0 Å². The van der Waals surface area contributed by atoms with Gasteiger partial charge in [-0.05, 0) is 48.0 Å². The van der Waals surface area contributed by atoms with Crippen LogP contribution in [0.3, 0.4) is 0 Å². The zero-order valence-corrected chi connectivity index (χ0v) is 11.8. The monoisotopic (exact) mass is 322 g/mol. The fourth-order valence-electron chi connectivity index (χ4n) is 1.95. The summed E-state index contributed by atoms with van der Waals surface area (Å²) in [6.07, 6.45) is -0.792. The molecule has 3 rings (SSSR count). The van der Waals surface area contributed by atoms with E-state index in [4.69, 9.17) is 11.6 Å². The summed E-state index contributed by atoms with van der Waals surface area (Å²) in [6, 6.07) is 10.7. The van der Waals surface area contributed by atoms with Crippen LogP contribution < -0.4 is 9.47 Å². The first-order valence-corrected chi connectivity index (χ1v) is 6.69. The van der Waals surface area contributed by atoms with Gasteiger partial charge < -0.3 is 9.47 Å². The molecule has 1 aliphatic rings. The Morgan fingerprint density at radius 2 is 1.73 bits per heavy atom. The molecule has 1 heterocycles. The van der Waals surface area contributed by atoms with Crippen LogP contribution in [-0.4, -0.2) is 12.1 Å². The van der Waals surface area contributed by atoms with E-state index in [1.807, 2.05) is 0 Å². The predicted molar refractivity (Wildman–Crippen MR) is 77.5 cm³/mol. The standard InChI is InChI=1S/C16H9ClF2O3/c17-12-5-3-11(4-6-12)13(20)7-1-10-2-8-14-15(9-10)22-16(18,19)21-14/h1-9H/b7-1+. The molecule has 0 bridgehead atoms. The number of ether oxygens (including phenoxy) is 2. The van der Waals surface area contributed by atoms with Crippen molar-refractivity contribution in [1.29, 1.82) is 0 Å². The van der Waals surface area contributed by atoms with Gasteiger partial charge in [0.25, 0.3) is 0 Å². The molecule has 0 amide bonds. The van der Waals surface area contributed by atoms with Gasteiger partial charge in [-0.15, -0.1) is 8.78 Å². The second-order valence-corrected chi connectivity index (χ2v) is 5.01. The lowest BCUT2D eigenvalue weighted by atomic mass is 10.1. The highest BCUT2D eigenvalue weighted by Crippen LogP contribution is 2.41. The van der Waals surface area contributed by atoms with Gasteiger partial charge in [-0.25, -0.2) is 0 Å². The van der Waals surface area contributed by atoms with E-state index in [1.165, 1.54) is 24.3 Å². The summed E-state index contributed by atoms with van der Waals surface area (Å²) in [5, 5.41) is 0.539. The van der Waals surface area contributed by atoms with Crippen LogP contribution in [0.25, 0.3) is 6.08 Å². The maximum Gasteiger partial charge on any atom is 0.586 e. The lowest BCUT2D eigenvalue weighted by Gasteiger charge is -2.04. The van der Waals surface area contributed by atoms with Crippen molar-refractivity contribution in [3.63, 3.8) is 0 Å². The van der Waals surface area contributed by atoms with Gasteiger partial charge in [0.1, 0.15) is 0 Å². The van der Waals surface area contributed by atoms with Crippen LogP contribution in [0.5, 0.6) is 11.5 Å². The molecule has 0 aromatic heterocycles. The topological polar surface area (TPSA) is 35.5 Å². The highest BCUT2D eigenvalue weighted by atomic mass is 35.5. The summed E-state index contributed by atoms with van der Waals surface area (Å²) in [7, 11) is 0. The zero-order chi connectivity index (χ0) is 15.7. The SMILES string of the molecule is O=C(/C=C/c1ccc2c(c1)OC(F)(F)O2)c1ccc(Cl)cc1. The largest absolute Gasteiger partial charge is 0.586 e. The lowest BCUT2D eigenvalue weighted by molar-refractivity contribution is -0.286. The van der Waals surface area contributed by atoms with Gasteiger partial charge >= 0.3 is 6.29 Å². The Morgan fingerprint density at radius 1 is 1.05 bits per heavy atom. The fourth-order valence-corrected chi connectivity index (χ4v) is 2.08. The van der Waals surface area contributed by atoms with Crippen molar-refractivity contribution in [3.8, 4) is 11.5 Å². The molecule has 2 aromatic carbocycles. The van der Waals surface area contributed by atoms with Crippen LogP contribution in [-0.2, 0) is 0 Å². The van der Waals surface area contributed by atoms with Crippen LogP contribution >= 0.6 is 11.6 Å². The highest BCUT2D eigenvalue weighted by molar-refractivity contribution is 6.30. The third kappa shape index (κ3) is 3.09. The third-order valence-corrected chi connectivity index (χ3v) is 3.23. The molecule has 0 aliphatic carbocycles. The Kier molecular flexibility index (Phi) is 3.58. The van der Waals surface area contributed by atoms with Gasteiger partial charge in [-0.2, -0.15) is 0 Å². The van der Waals surface area contributed by atoms with Crippen molar-refractivity contribution in [3.05, 3.63) is 64.7 Å². The van der Waals surface area contributed by atoms with E-state index in [1.54, 1.807) is 30.3 Å². The average Bonchev–Trinajstić information content (AvgIpc) is 2.78. The van der Waals surface area contributed by atoms with E-state index in [0.29, 0.717) is 16.1 Å². The molecule has 112 valence electrons. The molecule has 0 N–H and O–H groups in total. The number of fused-ring (bicyclic) bond motifs is 1. The van der Waals surface area contributed by atoms with Crippen molar-refractivity contribution in [1.82, 2.24) is 0 Å². The van der Waals surface area contributed by atoms with E-state index < -0.39 is 6.29 Å². The Labute approximate surface area is 129 Å². The quantitative estimate of drug-likeness (QED) is 0.614. The molecule has 0 saturated heterocycles. The number of ketones is 1. The van der Waals surface area contributed by atoms with Crippen molar-refractivity contribution < 1.29 is 23.0 Å². The van der Waals surface area contributed by atoms with Gasteiger partial charge in [0.2, 0.25) is 0 Å². The van der Waals surface area contributed by atoms with Crippen molar-refractivity contribution in [2.75, 3.05) is 0 Å². The van der Waals surface area contributed by atoms with Crippen molar-refractivity contribution >= 4 is 23.5 Å². The summed E-state index contributed by atoms with van der Waals surface area (Å²) < 4.78 is 34.5. The molecule has 0 radical (unpaired) electrons. The second-order valence-electron chi connectivity index (χ2n) is 4.58. The number of benzene rings is 2. The molecule has 0 spiro atoms. The first-order chi connectivity index (χ1) is 10.4. The number of carbonyl (C=O) groups excluding carboxylic acids is 1. The summed E-state index contributed by atoms with van der Waals surface area (Å²) in [5.74, 6) is -0.322. The molecule has 1 aliphatic heterocycles. The van der Waals surface area contributed by atoms with E-state index >= 15 is 0 Å². The third-order valence-electron chi connectivity index (χ3n) is 2.98. The Bertz CT molecular complexity index is 754. The summed E-state index contributed by atoms with van der Waals surface area (Å²) in [6.45, 7) is 0. The maximum atomic E-state index is 12.9. The summed E-state index contributed by atoms with van der Waals surface area (Å²) in [4.78, 5) is 12.0. The summed E-state index contributed by atoms with van der Waals surface area (Å²) >= 11 is 5.75. The van der Waals surface area contributed by atoms with E-state index in [0.717, 1.165) is 0 Å². The minimum atomic E-state index is -3.65. The number of hydrogen-bond donors (Lipinski definition) is 0. The molecule has 0 saturated carbocycles. The van der Waals surface area contributed by atoms with Crippen LogP contribution in [0.2, 0.25) is 5.02 Å². The molecular weight excluding hydrogens is 314 g/mol. The Hall–Kier alpha value is -2.40. The number of carbonyl (C=O) groups is 1. The second kappa shape index (κ2) is 5.42. The summed E-state index contributed by atoms with van der Waals surface area (Å²) in [5.41, 5.74) is 1.02. The zero-order valence-electron chi connectivity index (χ0n) is 11.1. The number of halogens is 3. The normalized spacial score (nSPS) is 15.2. The molecular formula is C16H9ClF2O3. The van der Waals surface area contributed by atoms with Crippen LogP contribution in [0.15, 0.2) is 48.5 Å². The smallest absolute Gasteiger partial charge is 0.395 e. The molecule has 0 fully saturated rings. The molecule has 3 nitrogen and oxygen atoms in total. The number of alkyl halides is 2. The van der Waals surface area contributed by atoms with Crippen LogP contribution in [0.4, 0.5) is 8.78 Å². The number of rotatable bonds is 3. The van der Waals surface area contributed by atoms with Gasteiger partial charge in [0.05, 0.1) is 0 Å². The number of hydrogen-bond acceptors (Lipinski definition) is 3. The van der Waals surface area contributed by atoms with Crippen molar-refractivity contribution in [2.45, 2.75) is 6.29 Å². The molecule has 6 heteroatoms. The van der Waals surface area contributed by atoms with Crippen LogP contribution in [0, 0.1) is 0 Å². The first-order valence-electron chi connectivity index (χ1n) is 6.31. The fraction of sp³-hybridized carbons (Fsp3) is 0.0625. The highest BCUT2D eigenvalue weighted by Gasteiger charge is 2.43. The maximum absolute atomic E-state index is 12.9. The first kappa shape index (κ1) is 14.5. The molecule has 2 aromatic rings. The van der Waals surface area contributed by atoms with Gasteiger partial charge in [0.15, 0.2) is 17.3 Å². The Balaban J connectivity index is 1.76. The lowest BCUT2D eigenvalue weighted by Crippen LogP contribution is -2.25. The van der Waals surface area contributed by atoms with Gasteiger partial charge in [-0.1, -0.05) is 23.7 Å². The minimum Gasteiger partial charge on any atom is -0.395 e. The Morgan fingerprint density at radius 3 is 2.45 bits per heavy atom. The predicted octanol–water partition coefficient (Wildman–Crippen LogP) is 4.56. The minimum absolute atomic E-state index is 0.0359. The van der Waals surface area contributed by atoms with Gasteiger partial charge in [-0.3, -0.25) is 4.79 Å². The van der Waals surface area contributed by atoms with Gasteiger partial charge in [0, 0.05) is 10.6 Å². The average molecular weight is 323 g/mol. The number of allylic oxidation sites excluding steroid dienone is 1.